The number of hydrazine groups is 1. The SMILES string of the molecule is C=CCN(N)c1ncn(-c2c(C)cccc2C)c(=O)n1. The standard InChI is InChI=1S/C14H17N5O/c1-4-8-19(15)13-16-9-18(14(20)17-13)12-10(2)6-5-7-11(12)3/h4-7,9H,1,8,15H2,2-3H3. The highest BCUT2D eigenvalue weighted by Gasteiger charge is 2.10. The average Bonchev–Trinajstić information content (AvgIpc) is 2.40. The van der Waals surface area contributed by atoms with Gasteiger partial charge in [0.15, 0.2) is 0 Å². The number of anilines is 1. The summed E-state index contributed by atoms with van der Waals surface area (Å²) in [5, 5.41) is 1.27. The number of para-hydroxylation sites is 1. The van der Waals surface area contributed by atoms with E-state index in [4.69, 9.17) is 5.84 Å². The summed E-state index contributed by atoms with van der Waals surface area (Å²) < 4.78 is 1.43. The van der Waals surface area contributed by atoms with Gasteiger partial charge in [0.05, 0.1) is 12.2 Å². The molecule has 0 fully saturated rings. The second-order valence-electron chi connectivity index (χ2n) is 4.49. The van der Waals surface area contributed by atoms with Crippen molar-refractivity contribution < 1.29 is 0 Å². The molecule has 2 aromatic rings. The van der Waals surface area contributed by atoms with Gasteiger partial charge in [-0.1, -0.05) is 24.3 Å². The number of nitrogens with two attached hydrogens (primary N) is 1. The molecule has 6 nitrogen and oxygen atoms in total. The molecule has 0 aliphatic rings. The maximum absolute atomic E-state index is 12.2. The maximum atomic E-state index is 12.2. The summed E-state index contributed by atoms with van der Waals surface area (Å²) in [6.07, 6.45) is 3.06. The molecule has 0 bridgehead atoms. The molecular weight excluding hydrogens is 254 g/mol. The van der Waals surface area contributed by atoms with Gasteiger partial charge in [-0.2, -0.15) is 4.98 Å². The van der Waals surface area contributed by atoms with Crippen LogP contribution in [0.4, 0.5) is 5.95 Å². The van der Waals surface area contributed by atoms with Crippen molar-refractivity contribution in [3.63, 3.8) is 0 Å². The van der Waals surface area contributed by atoms with Crippen LogP contribution < -0.4 is 16.5 Å². The second-order valence-corrected chi connectivity index (χ2v) is 4.49. The molecule has 0 amide bonds. The minimum atomic E-state index is -0.410. The highest BCUT2D eigenvalue weighted by atomic mass is 16.1. The van der Waals surface area contributed by atoms with Crippen LogP contribution in [0.5, 0.6) is 0 Å². The molecule has 1 aromatic heterocycles. The highest BCUT2D eigenvalue weighted by molar-refractivity contribution is 5.46. The number of rotatable bonds is 4. The van der Waals surface area contributed by atoms with E-state index >= 15 is 0 Å². The van der Waals surface area contributed by atoms with Crippen molar-refractivity contribution in [2.45, 2.75) is 13.8 Å². The van der Waals surface area contributed by atoms with Gasteiger partial charge in [-0.25, -0.2) is 15.6 Å². The van der Waals surface area contributed by atoms with Gasteiger partial charge in [0.2, 0.25) is 5.95 Å². The Morgan fingerprint density at radius 1 is 1.40 bits per heavy atom. The Morgan fingerprint density at radius 3 is 2.60 bits per heavy atom. The summed E-state index contributed by atoms with van der Waals surface area (Å²) >= 11 is 0. The first kappa shape index (κ1) is 14.0. The van der Waals surface area contributed by atoms with Gasteiger partial charge in [0, 0.05) is 0 Å². The summed E-state index contributed by atoms with van der Waals surface area (Å²) in [6, 6.07) is 5.82. The van der Waals surface area contributed by atoms with E-state index < -0.39 is 5.69 Å². The minimum absolute atomic E-state index is 0.178. The van der Waals surface area contributed by atoms with Crippen LogP contribution in [0.25, 0.3) is 5.69 Å². The third-order valence-electron chi connectivity index (χ3n) is 2.95. The van der Waals surface area contributed by atoms with E-state index in [1.807, 2.05) is 32.0 Å². The second kappa shape index (κ2) is 5.66. The van der Waals surface area contributed by atoms with Crippen LogP contribution in [0.15, 0.2) is 42.0 Å². The Morgan fingerprint density at radius 2 is 2.05 bits per heavy atom. The topological polar surface area (TPSA) is 77.0 Å². The normalized spacial score (nSPS) is 10.3. The molecule has 104 valence electrons. The monoisotopic (exact) mass is 271 g/mol. The van der Waals surface area contributed by atoms with Crippen LogP contribution in [-0.4, -0.2) is 21.1 Å². The molecule has 6 heteroatoms. The number of nitrogens with zero attached hydrogens (tertiary/aromatic N) is 4. The Labute approximate surface area is 117 Å². The molecule has 2 rings (SSSR count). The van der Waals surface area contributed by atoms with Crippen molar-refractivity contribution in [3.05, 3.63) is 58.8 Å². The molecule has 20 heavy (non-hydrogen) atoms. The fourth-order valence-electron chi connectivity index (χ4n) is 2.03. The molecule has 0 radical (unpaired) electrons. The first-order valence-electron chi connectivity index (χ1n) is 6.20. The summed E-state index contributed by atoms with van der Waals surface area (Å²) in [5.74, 6) is 5.89. The zero-order valence-corrected chi connectivity index (χ0v) is 11.6. The van der Waals surface area contributed by atoms with Crippen LogP contribution in [0.1, 0.15) is 11.1 Å². The van der Waals surface area contributed by atoms with Crippen molar-refractivity contribution in [2.75, 3.05) is 11.6 Å². The number of aromatic nitrogens is 3. The third-order valence-corrected chi connectivity index (χ3v) is 2.95. The van der Waals surface area contributed by atoms with Gasteiger partial charge >= 0.3 is 5.69 Å². The van der Waals surface area contributed by atoms with Crippen molar-refractivity contribution >= 4 is 5.95 Å². The molecule has 0 spiro atoms. The molecule has 0 saturated carbocycles. The molecule has 0 atom stereocenters. The molecule has 0 saturated heterocycles. The van der Waals surface area contributed by atoms with Crippen molar-refractivity contribution in [3.8, 4) is 5.69 Å². The lowest BCUT2D eigenvalue weighted by Crippen LogP contribution is -2.35. The molecule has 0 aliphatic carbocycles. The number of hydrogen-bond acceptors (Lipinski definition) is 5. The summed E-state index contributed by atoms with van der Waals surface area (Å²) in [4.78, 5) is 20.2. The fourth-order valence-corrected chi connectivity index (χ4v) is 2.03. The Balaban J connectivity index is 2.50. The average molecular weight is 271 g/mol. The predicted octanol–water partition coefficient (Wildman–Crippen LogP) is 1.11. The van der Waals surface area contributed by atoms with Gasteiger partial charge in [-0.3, -0.25) is 9.58 Å². The fraction of sp³-hybridized carbons (Fsp3) is 0.214. The molecule has 1 heterocycles. The zero-order valence-electron chi connectivity index (χ0n) is 11.6. The number of hydrogen-bond donors (Lipinski definition) is 1. The molecule has 0 unspecified atom stereocenters. The zero-order chi connectivity index (χ0) is 14.7. The smallest absolute Gasteiger partial charge is 0.275 e. The molecular formula is C14H17N5O. The Kier molecular flexibility index (Phi) is 3.95. The summed E-state index contributed by atoms with van der Waals surface area (Å²) in [6.45, 7) is 7.82. The lowest BCUT2D eigenvalue weighted by atomic mass is 10.1. The lowest BCUT2D eigenvalue weighted by Gasteiger charge is -2.15. The Hall–Kier alpha value is -2.47. The maximum Gasteiger partial charge on any atom is 0.356 e. The van der Waals surface area contributed by atoms with Crippen LogP contribution in [0, 0.1) is 13.8 Å². The number of aryl methyl sites for hydroxylation is 2. The van der Waals surface area contributed by atoms with E-state index in [-0.39, 0.29) is 5.95 Å². The minimum Gasteiger partial charge on any atom is -0.275 e. The van der Waals surface area contributed by atoms with Crippen molar-refractivity contribution in [2.24, 2.45) is 5.84 Å². The molecule has 1 aromatic carbocycles. The molecule has 2 N–H and O–H groups in total. The third kappa shape index (κ3) is 2.60. The van der Waals surface area contributed by atoms with Gasteiger partial charge in [-0.05, 0) is 25.0 Å². The Bertz CT molecular complexity index is 672. The number of benzene rings is 1. The lowest BCUT2D eigenvalue weighted by molar-refractivity contribution is 0.795. The largest absolute Gasteiger partial charge is 0.356 e. The summed E-state index contributed by atoms with van der Waals surface area (Å²) in [7, 11) is 0. The van der Waals surface area contributed by atoms with E-state index in [9.17, 15) is 4.79 Å². The predicted molar refractivity (Wildman–Crippen MR) is 78.8 cm³/mol. The highest BCUT2D eigenvalue weighted by Crippen LogP contribution is 2.16. The van der Waals surface area contributed by atoms with Gasteiger partial charge in [0.25, 0.3) is 0 Å². The first-order valence-corrected chi connectivity index (χ1v) is 6.20. The first-order chi connectivity index (χ1) is 9.54. The summed E-state index contributed by atoms with van der Waals surface area (Å²) in [5.41, 5.74) is 2.36. The molecule has 0 aliphatic heterocycles. The van der Waals surface area contributed by atoms with Crippen LogP contribution in [-0.2, 0) is 0 Å². The van der Waals surface area contributed by atoms with Crippen molar-refractivity contribution in [1.82, 2.24) is 14.5 Å². The van der Waals surface area contributed by atoms with Gasteiger partial charge in [0.1, 0.15) is 6.33 Å². The van der Waals surface area contributed by atoms with E-state index in [0.717, 1.165) is 16.8 Å². The van der Waals surface area contributed by atoms with Gasteiger partial charge < -0.3 is 0 Å². The van der Waals surface area contributed by atoms with Crippen LogP contribution in [0.2, 0.25) is 0 Å². The van der Waals surface area contributed by atoms with Gasteiger partial charge in [-0.15, -0.1) is 6.58 Å². The van der Waals surface area contributed by atoms with E-state index in [2.05, 4.69) is 16.5 Å². The van der Waals surface area contributed by atoms with E-state index in [1.165, 1.54) is 15.9 Å². The van der Waals surface area contributed by atoms with Crippen LogP contribution >= 0.6 is 0 Å². The van der Waals surface area contributed by atoms with E-state index in [1.54, 1.807) is 6.08 Å². The quantitative estimate of drug-likeness (QED) is 0.512. The van der Waals surface area contributed by atoms with Crippen LogP contribution in [0.3, 0.4) is 0 Å². The van der Waals surface area contributed by atoms with E-state index in [0.29, 0.717) is 6.54 Å². The van der Waals surface area contributed by atoms with Crippen molar-refractivity contribution in [1.29, 1.82) is 0 Å².